The molecule has 19 heavy (non-hydrogen) atoms. The molecule has 0 fully saturated rings. The maximum Gasteiger partial charge on any atom is 0.313 e. The van der Waals surface area contributed by atoms with Crippen molar-refractivity contribution in [2.24, 2.45) is 0 Å². The van der Waals surface area contributed by atoms with Crippen LogP contribution < -0.4 is 11.1 Å². The van der Waals surface area contributed by atoms with Gasteiger partial charge in [0.2, 0.25) is 0 Å². The highest BCUT2D eigenvalue weighted by atomic mass is 32.2. The molecule has 0 saturated carbocycles. The Morgan fingerprint density at radius 1 is 1.26 bits per heavy atom. The van der Waals surface area contributed by atoms with Crippen LogP contribution in [-0.4, -0.2) is 14.3 Å². The smallest absolute Gasteiger partial charge is 0.313 e. The van der Waals surface area contributed by atoms with Gasteiger partial charge in [-0.05, 0) is 23.7 Å². The van der Waals surface area contributed by atoms with Crippen molar-refractivity contribution in [3.8, 4) is 0 Å². The van der Waals surface area contributed by atoms with Gasteiger partial charge in [-0.25, -0.2) is 0 Å². The van der Waals surface area contributed by atoms with E-state index in [1.54, 1.807) is 11.8 Å². The summed E-state index contributed by atoms with van der Waals surface area (Å²) in [6.45, 7) is 0. The molecule has 2 N–H and O–H groups in total. The number of nitrogens with one attached hydrogen (secondary N) is 2. The molecule has 5 nitrogen and oxygen atoms in total. The van der Waals surface area contributed by atoms with Gasteiger partial charge >= 0.3 is 11.1 Å². The van der Waals surface area contributed by atoms with Gasteiger partial charge in [-0.15, -0.1) is 11.8 Å². The van der Waals surface area contributed by atoms with Gasteiger partial charge in [0.25, 0.3) is 0 Å². The largest absolute Gasteiger partial charge is 0.323 e. The zero-order chi connectivity index (χ0) is 13.2. The number of nitrogens with zero attached hydrogens (tertiary/aromatic N) is 1. The van der Waals surface area contributed by atoms with E-state index in [4.69, 9.17) is 0 Å². The molecule has 0 amide bonds. The number of aromatic nitrogens is 3. The third kappa shape index (κ3) is 2.61. The Labute approximate surface area is 115 Å². The highest BCUT2D eigenvalue weighted by molar-refractivity contribution is 7.98. The van der Waals surface area contributed by atoms with E-state index in [0.29, 0.717) is 11.4 Å². The van der Waals surface area contributed by atoms with Gasteiger partial charge in [0, 0.05) is 34.1 Å². The van der Waals surface area contributed by atoms with Crippen LogP contribution in [0.4, 0.5) is 0 Å². The van der Waals surface area contributed by atoms with E-state index in [0.717, 1.165) is 15.0 Å². The summed E-state index contributed by atoms with van der Waals surface area (Å²) in [4.78, 5) is 28.2. The Morgan fingerprint density at radius 3 is 3.00 bits per heavy atom. The Balaban J connectivity index is 1.79. The van der Waals surface area contributed by atoms with Crippen molar-refractivity contribution in [2.45, 2.75) is 10.6 Å². The highest BCUT2D eigenvalue weighted by Gasteiger charge is 2.02. The van der Waals surface area contributed by atoms with E-state index < -0.39 is 11.1 Å². The molecule has 0 radical (unpaired) electrons. The summed E-state index contributed by atoms with van der Waals surface area (Å²) < 4.78 is 5.27. The fourth-order valence-electron chi connectivity index (χ4n) is 1.63. The number of hydrogen-bond donors (Lipinski definition) is 2. The van der Waals surface area contributed by atoms with Crippen LogP contribution in [-0.2, 0) is 5.75 Å². The Bertz CT molecular complexity index is 834. The lowest BCUT2D eigenvalue weighted by Crippen LogP contribution is -2.29. The fraction of sp³-hybridized carbons (Fsp3) is 0.0833. The summed E-state index contributed by atoms with van der Waals surface area (Å²) in [5.41, 5.74) is -0.546. The minimum Gasteiger partial charge on any atom is -0.323 e. The second-order valence-electron chi connectivity index (χ2n) is 3.91. The summed E-state index contributed by atoms with van der Waals surface area (Å²) in [5.74, 6) is 0.594. The minimum absolute atomic E-state index is 0.594. The Kier molecular flexibility index (Phi) is 3.22. The molecule has 2 aromatic heterocycles. The molecule has 0 aliphatic heterocycles. The first-order chi connectivity index (χ1) is 9.22. The van der Waals surface area contributed by atoms with Crippen LogP contribution in [0.3, 0.4) is 0 Å². The zero-order valence-electron chi connectivity index (χ0n) is 9.67. The van der Waals surface area contributed by atoms with Crippen LogP contribution in [0.2, 0.25) is 0 Å². The molecule has 0 saturated heterocycles. The monoisotopic (exact) mass is 291 g/mol. The van der Waals surface area contributed by atoms with E-state index in [1.807, 2.05) is 18.3 Å². The molecule has 0 atom stereocenters. The Hall–Kier alpha value is -1.86. The molecule has 3 aromatic rings. The summed E-state index contributed by atoms with van der Waals surface area (Å²) >= 11 is 3.05. The van der Waals surface area contributed by atoms with Gasteiger partial charge in [0.05, 0.1) is 4.70 Å². The number of H-pyrrole nitrogens is 2. The molecule has 0 spiro atoms. The first-order valence-electron chi connectivity index (χ1n) is 5.50. The highest BCUT2D eigenvalue weighted by Crippen LogP contribution is 2.27. The second-order valence-corrected chi connectivity index (χ2v) is 5.79. The van der Waals surface area contributed by atoms with Crippen molar-refractivity contribution in [2.75, 3.05) is 0 Å². The van der Waals surface area contributed by atoms with Crippen LogP contribution in [0.15, 0.2) is 45.1 Å². The normalized spacial score (nSPS) is 10.9. The molecule has 0 bridgehead atoms. The third-order valence-electron chi connectivity index (χ3n) is 2.58. The SMILES string of the molecule is O=c1[nH]cc(CSc2ccc3cnsc3c2)[nH]c1=O. The quantitative estimate of drug-likeness (QED) is 0.571. The standard InChI is InChI=1S/C12H9N3O2S2/c16-11-12(17)15-8(5-13-11)6-18-9-2-1-7-4-14-19-10(7)3-9/h1-5H,6H2,(H,13,16)(H,15,17). The van der Waals surface area contributed by atoms with E-state index in [2.05, 4.69) is 20.4 Å². The first-order valence-corrected chi connectivity index (χ1v) is 7.26. The lowest BCUT2D eigenvalue weighted by molar-refractivity contribution is 1.01. The lowest BCUT2D eigenvalue weighted by atomic mass is 10.3. The molecule has 1 aromatic carbocycles. The first kappa shape index (κ1) is 12.2. The second kappa shape index (κ2) is 5.02. The fourth-order valence-corrected chi connectivity index (χ4v) is 3.23. The summed E-state index contributed by atoms with van der Waals surface area (Å²) in [6.07, 6.45) is 3.37. The van der Waals surface area contributed by atoms with Crippen LogP contribution >= 0.6 is 23.3 Å². The van der Waals surface area contributed by atoms with Crippen LogP contribution in [0, 0.1) is 0 Å². The number of thioether (sulfide) groups is 1. The summed E-state index contributed by atoms with van der Waals surface area (Å²) in [5, 5.41) is 1.13. The van der Waals surface area contributed by atoms with Gasteiger partial charge in [-0.2, -0.15) is 4.37 Å². The molecule has 3 rings (SSSR count). The van der Waals surface area contributed by atoms with Crippen molar-refractivity contribution in [1.29, 1.82) is 0 Å². The molecule has 0 aliphatic rings. The number of aromatic amines is 2. The van der Waals surface area contributed by atoms with Gasteiger partial charge in [-0.1, -0.05) is 6.07 Å². The van der Waals surface area contributed by atoms with Crippen molar-refractivity contribution >= 4 is 33.4 Å². The zero-order valence-corrected chi connectivity index (χ0v) is 11.3. The minimum atomic E-state index is -0.625. The molecule has 96 valence electrons. The average molecular weight is 291 g/mol. The number of rotatable bonds is 3. The van der Waals surface area contributed by atoms with Crippen molar-refractivity contribution in [3.05, 3.63) is 57.0 Å². The van der Waals surface area contributed by atoms with E-state index >= 15 is 0 Å². The molecule has 0 aliphatic carbocycles. The maximum atomic E-state index is 11.2. The number of fused-ring (bicyclic) bond motifs is 1. The van der Waals surface area contributed by atoms with Crippen molar-refractivity contribution in [3.63, 3.8) is 0 Å². The number of hydrogen-bond acceptors (Lipinski definition) is 5. The summed E-state index contributed by atoms with van der Waals surface area (Å²) in [7, 11) is 0. The number of benzene rings is 1. The predicted molar refractivity (Wildman–Crippen MR) is 76.9 cm³/mol. The van der Waals surface area contributed by atoms with Crippen LogP contribution in [0.1, 0.15) is 5.69 Å². The van der Waals surface area contributed by atoms with Crippen LogP contribution in [0.25, 0.3) is 10.1 Å². The summed E-state index contributed by atoms with van der Waals surface area (Å²) in [6, 6.07) is 6.11. The van der Waals surface area contributed by atoms with E-state index in [1.165, 1.54) is 17.7 Å². The molecule has 2 heterocycles. The molecule has 0 unspecified atom stereocenters. The average Bonchev–Trinajstić information content (AvgIpc) is 2.87. The van der Waals surface area contributed by atoms with Gasteiger partial charge < -0.3 is 9.97 Å². The van der Waals surface area contributed by atoms with Crippen LogP contribution in [0.5, 0.6) is 0 Å². The molecular weight excluding hydrogens is 282 g/mol. The third-order valence-corrected chi connectivity index (χ3v) is 4.38. The topological polar surface area (TPSA) is 78.6 Å². The van der Waals surface area contributed by atoms with Crippen molar-refractivity contribution in [1.82, 2.24) is 14.3 Å². The van der Waals surface area contributed by atoms with Crippen molar-refractivity contribution < 1.29 is 0 Å². The Morgan fingerprint density at radius 2 is 2.16 bits per heavy atom. The van der Waals surface area contributed by atoms with E-state index in [9.17, 15) is 9.59 Å². The molecule has 7 heteroatoms. The van der Waals surface area contributed by atoms with Gasteiger partial charge in [0.15, 0.2) is 0 Å². The van der Waals surface area contributed by atoms with Gasteiger partial charge in [-0.3, -0.25) is 9.59 Å². The predicted octanol–water partition coefficient (Wildman–Crippen LogP) is 1.97. The van der Waals surface area contributed by atoms with Gasteiger partial charge in [0.1, 0.15) is 0 Å². The molecular formula is C12H9N3O2S2. The van der Waals surface area contributed by atoms with E-state index in [-0.39, 0.29) is 0 Å². The maximum absolute atomic E-state index is 11.2. The lowest BCUT2D eigenvalue weighted by Gasteiger charge is -2.01.